The Balaban J connectivity index is 2.55. The number of hydrogen-bond acceptors (Lipinski definition) is 3. The molecule has 20 heavy (non-hydrogen) atoms. The molecule has 0 aliphatic heterocycles. The number of aliphatic carboxylic acids is 1. The third-order valence-corrected chi connectivity index (χ3v) is 2.97. The zero-order valence-corrected chi connectivity index (χ0v) is 11.9. The first-order valence-corrected chi connectivity index (χ1v) is 6.72. The van der Waals surface area contributed by atoms with Crippen LogP contribution >= 0.6 is 0 Å². The van der Waals surface area contributed by atoms with E-state index in [0.29, 0.717) is 6.42 Å². The number of benzene rings is 1. The van der Waals surface area contributed by atoms with Gasteiger partial charge in [-0.05, 0) is 17.9 Å². The van der Waals surface area contributed by atoms with Crippen molar-refractivity contribution >= 4 is 11.9 Å². The lowest BCUT2D eigenvalue weighted by atomic mass is 10.0. The molecule has 110 valence electrons. The Bertz CT molecular complexity index is 446. The van der Waals surface area contributed by atoms with Crippen LogP contribution < -0.4 is 11.1 Å². The maximum Gasteiger partial charge on any atom is 0.326 e. The summed E-state index contributed by atoms with van der Waals surface area (Å²) >= 11 is 0. The summed E-state index contributed by atoms with van der Waals surface area (Å²) in [6.45, 7) is 3.83. The molecule has 5 heteroatoms. The number of rotatable bonds is 7. The van der Waals surface area contributed by atoms with Gasteiger partial charge in [0.15, 0.2) is 0 Å². The highest BCUT2D eigenvalue weighted by molar-refractivity contribution is 5.83. The molecule has 1 rings (SSSR count). The van der Waals surface area contributed by atoms with Crippen LogP contribution in [0.5, 0.6) is 0 Å². The van der Waals surface area contributed by atoms with Gasteiger partial charge in [0, 0.05) is 12.5 Å². The van der Waals surface area contributed by atoms with Gasteiger partial charge in [-0.15, -0.1) is 0 Å². The van der Waals surface area contributed by atoms with Crippen LogP contribution in [-0.2, 0) is 9.59 Å². The van der Waals surface area contributed by atoms with Crippen LogP contribution in [0.25, 0.3) is 0 Å². The molecule has 0 spiro atoms. The van der Waals surface area contributed by atoms with Crippen LogP contribution in [-0.4, -0.2) is 23.0 Å². The summed E-state index contributed by atoms with van der Waals surface area (Å²) in [5, 5.41) is 11.6. The molecule has 0 bridgehead atoms. The van der Waals surface area contributed by atoms with E-state index in [1.54, 1.807) is 0 Å². The molecule has 0 saturated carbocycles. The summed E-state index contributed by atoms with van der Waals surface area (Å²) in [6.07, 6.45) is 0.480. The van der Waals surface area contributed by atoms with Gasteiger partial charge >= 0.3 is 5.97 Å². The van der Waals surface area contributed by atoms with E-state index in [0.717, 1.165) is 5.56 Å². The van der Waals surface area contributed by atoms with Gasteiger partial charge in [-0.1, -0.05) is 44.2 Å². The van der Waals surface area contributed by atoms with Crippen LogP contribution in [0.15, 0.2) is 30.3 Å². The first-order valence-electron chi connectivity index (χ1n) is 6.72. The maximum atomic E-state index is 11.9. The van der Waals surface area contributed by atoms with Gasteiger partial charge in [0.1, 0.15) is 6.04 Å². The number of carbonyl (C=O) groups excluding carboxylic acids is 1. The number of carbonyl (C=O) groups is 2. The molecule has 1 aromatic carbocycles. The third-order valence-electron chi connectivity index (χ3n) is 2.97. The number of carboxylic acids is 1. The molecule has 0 saturated heterocycles. The van der Waals surface area contributed by atoms with E-state index >= 15 is 0 Å². The Morgan fingerprint density at radius 1 is 1.25 bits per heavy atom. The van der Waals surface area contributed by atoms with Crippen molar-refractivity contribution in [3.05, 3.63) is 35.9 Å². The minimum atomic E-state index is -1.01. The SMILES string of the molecule is CC(C)C[C@@H](NC(=O)CC(N)c1ccccc1)C(=O)O. The van der Waals surface area contributed by atoms with Crippen molar-refractivity contribution < 1.29 is 14.7 Å². The zero-order valence-electron chi connectivity index (χ0n) is 11.9. The van der Waals surface area contributed by atoms with Crippen molar-refractivity contribution in [3.63, 3.8) is 0 Å². The monoisotopic (exact) mass is 278 g/mol. The first-order chi connectivity index (χ1) is 9.40. The molecule has 2 atom stereocenters. The van der Waals surface area contributed by atoms with Crippen LogP contribution in [0.2, 0.25) is 0 Å². The topological polar surface area (TPSA) is 92.4 Å². The Hall–Kier alpha value is -1.88. The van der Waals surface area contributed by atoms with E-state index in [1.807, 2.05) is 44.2 Å². The Morgan fingerprint density at radius 2 is 1.85 bits per heavy atom. The van der Waals surface area contributed by atoms with Crippen molar-refractivity contribution in [1.29, 1.82) is 0 Å². The summed E-state index contributed by atoms with van der Waals surface area (Å²) in [5.41, 5.74) is 6.80. The van der Waals surface area contributed by atoms with Crippen molar-refractivity contribution in [2.45, 2.75) is 38.8 Å². The van der Waals surface area contributed by atoms with E-state index in [2.05, 4.69) is 5.32 Å². The van der Waals surface area contributed by atoms with E-state index in [-0.39, 0.29) is 18.2 Å². The highest BCUT2D eigenvalue weighted by Gasteiger charge is 2.22. The van der Waals surface area contributed by atoms with Gasteiger partial charge in [0.25, 0.3) is 0 Å². The van der Waals surface area contributed by atoms with E-state index in [4.69, 9.17) is 10.8 Å². The molecule has 4 N–H and O–H groups in total. The molecule has 0 radical (unpaired) electrons. The molecule has 1 amide bonds. The predicted molar refractivity (Wildman–Crippen MR) is 77.0 cm³/mol. The predicted octanol–water partition coefficient (Wildman–Crippen LogP) is 1.69. The minimum Gasteiger partial charge on any atom is -0.480 e. The standard InChI is InChI=1S/C15H22N2O3/c1-10(2)8-13(15(19)20)17-14(18)9-12(16)11-6-4-3-5-7-11/h3-7,10,12-13H,8-9,16H2,1-2H3,(H,17,18)(H,19,20)/t12?,13-/m1/s1. The van der Waals surface area contributed by atoms with Gasteiger partial charge < -0.3 is 16.2 Å². The lowest BCUT2D eigenvalue weighted by Gasteiger charge is -2.18. The number of amides is 1. The highest BCUT2D eigenvalue weighted by Crippen LogP contribution is 2.13. The molecule has 5 nitrogen and oxygen atoms in total. The fraction of sp³-hybridized carbons (Fsp3) is 0.467. The molecular formula is C15H22N2O3. The van der Waals surface area contributed by atoms with Gasteiger partial charge in [0.2, 0.25) is 5.91 Å². The molecule has 0 aromatic heterocycles. The Kier molecular flexibility index (Phi) is 6.18. The largest absolute Gasteiger partial charge is 0.480 e. The molecule has 0 aliphatic rings. The molecule has 0 aliphatic carbocycles. The van der Waals surface area contributed by atoms with Crippen LogP contribution in [0.4, 0.5) is 0 Å². The summed E-state index contributed by atoms with van der Waals surface area (Å²) in [6, 6.07) is 7.99. The molecule has 0 fully saturated rings. The lowest BCUT2D eigenvalue weighted by molar-refractivity contribution is -0.142. The Morgan fingerprint density at radius 3 is 2.35 bits per heavy atom. The zero-order chi connectivity index (χ0) is 15.1. The van der Waals surface area contributed by atoms with Crippen molar-refractivity contribution in [2.75, 3.05) is 0 Å². The first kappa shape index (κ1) is 16.2. The number of carboxylic acid groups (broad SMARTS) is 1. The second kappa shape index (κ2) is 7.65. The van der Waals surface area contributed by atoms with Gasteiger partial charge in [-0.2, -0.15) is 0 Å². The summed E-state index contributed by atoms with van der Waals surface area (Å²) in [7, 11) is 0. The summed E-state index contributed by atoms with van der Waals surface area (Å²) in [5.74, 6) is -1.16. The van der Waals surface area contributed by atoms with Gasteiger partial charge in [-0.3, -0.25) is 4.79 Å². The minimum absolute atomic E-state index is 0.0753. The summed E-state index contributed by atoms with van der Waals surface area (Å²) in [4.78, 5) is 22.9. The number of nitrogens with one attached hydrogen (secondary N) is 1. The molecule has 0 heterocycles. The average Bonchev–Trinajstić information content (AvgIpc) is 2.38. The second-order valence-corrected chi connectivity index (χ2v) is 5.31. The van der Waals surface area contributed by atoms with Gasteiger partial charge in [0.05, 0.1) is 0 Å². The highest BCUT2D eigenvalue weighted by atomic mass is 16.4. The fourth-order valence-corrected chi connectivity index (χ4v) is 1.96. The maximum absolute atomic E-state index is 11.9. The lowest BCUT2D eigenvalue weighted by Crippen LogP contribution is -2.42. The third kappa shape index (κ3) is 5.40. The van der Waals surface area contributed by atoms with Crippen LogP contribution in [0.3, 0.4) is 0 Å². The number of nitrogens with two attached hydrogens (primary N) is 1. The normalized spacial score (nSPS) is 13.8. The average molecular weight is 278 g/mol. The van der Waals surface area contributed by atoms with Crippen molar-refractivity contribution in [3.8, 4) is 0 Å². The molecular weight excluding hydrogens is 256 g/mol. The fourth-order valence-electron chi connectivity index (χ4n) is 1.96. The molecule has 1 unspecified atom stereocenters. The van der Waals surface area contributed by atoms with Crippen molar-refractivity contribution in [2.24, 2.45) is 11.7 Å². The van der Waals surface area contributed by atoms with E-state index < -0.39 is 18.1 Å². The van der Waals surface area contributed by atoms with Crippen LogP contribution in [0.1, 0.15) is 38.3 Å². The Labute approximate surface area is 119 Å². The summed E-state index contributed by atoms with van der Waals surface area (Å²) < 4.78 is 0. The van der Waals surface area contributed by atoms with Crippen molar-refractivity contribution in [1.82, 2.24) is 5.32 Å². The van der Waals surface area contributed by atoms with E-state index in [1.165, 1.54) is 0 Å². The van der Waals surface area contributed by atoms with Gasteiger partial charge in [-0.25, -0.2) is 4.79 Å². The second-order valence-electron chi connectivity index (χ2n) is 5.31. The molecule has 1 aromatic rings. The van der Waals surface area contributed by atoms with Crippen LogP contribution in [0, 0.1) is 5.92 Å². The quantitative estimate of drug-likeness (QED) is 0.707. The number of hydrogen-bond donors (Lipinski definition) is 3. The smallest absolute Gasteiger partial charge is 0.326 e. The van der Waals surface area contributed by atoms with E-state index in [9.17, 15) is 9.59 Å².